The largest absolute Gasteiger partial charge is 0.416 e. The van der Waals surface area contributed by atoms with Crippen molar-refractivity contribution in [1.82, 2.24) is 4.98 Å². The summed E-state index contributed by atoms with van der Waals surface area (Å²) in [5.74, 6) is -0.509. The Kier molecular flexibility index (Phi) is 8.50. The smallest absolute Gasteiger partial charge is 0.394 e. The Balaban J connectivity index is 1.85. The summed E-state index contributed by atoms with van der Waals surface area (Å²) in [6.45, 7) is 2.34. The number of likely N-dealkylation sites (N-methyl/N-ethyl adjacent to an activating group) is 1. The van der Waals surface area contributed by atoms with Crippen LogP contribution in [0.4, 0.5) is 37.8 Å². The standard InChI is InChI=1S/C30H28F6N4O3/c1-28(2,18-8-19(29(31,32)33)10-20(9-18)30(34,35)36)27(43)39(3)25-14-38-26(40-15-22(42)11-21(40)16-41)12-24(25)23-7-5-4-6-17(23)13-37/h4-10,12,14,21-22,41-42H,11,15-16H2,1-3H3. The quantitative estimate of drug-likeness (QED) is 0.358. The van der Waals surface area contributed by atoms with E-state index < -0.39 is 52.5 Å². The van der Waals surface area contributed by atoms with Crippen molar-refractivity contribution in [3.05, 3.63) is 77.0 Å². The number of aliphatic hydroxyl groups excluding tert-OH is 2. The molecule has 0 radical (unpaired) electrons. The Morgan fingerprint density at radius 1 is 1.02 bits per heavy atom. The van der Waals surface area contributed by atoms with E-state index in [1.807, 2.05) is 0 Å². The number of benzene rings is 2. The Labute approximate surface area is 243 Å². The highest BCUT2D eigenvalue weighted by molar-refractivity contribution is 6.03. The van der Waals surface area contributed by atoms with Gasteiger partial charge in [0.1, 0.15) is 5.82 Å². The molecule has 1 aliphatic rings. The molecule has 1 aromatic heterocycles. The normalized spacial score (nSPS) is 17.6. The molecule has 0 bridgehead atoms. The molecule has 43 heavy (non-hydrogen) atoms. The molecule has 0 spiro atoms. The van der Waals surface area contributed by atoms with Gasteiger partial charge in [-0.3, -0.25) is 4.79 Å². The predicted molar refractivity (Wildman–Crippen MR) is 146 cm³/mol. The molecule has 2 unspecified atom stereocenters. The molecule has 4 rings (SSSR count). The number of carbonyl (C=O) groups is 1. The first-order chi connectivity index (χ1) is 20.0. The lowest BCUT2D eigenvalue weighted by Crippen LogP contribution is -2.42. The number of nitriles is 1. The molecule has 2 N–H and O–H groups in total. The molecule has 1 amide bonds. The third kappa shape index (κ3) is 6.30. The second-order valence-corrected chi connectivity index (χ2v) is 10.9. The molecule has 7 nitrogen and oxygen atoms in total. The van der Waals surface area contributed by atoms with Gasteiger partial charge in [0.2, 0.25) is 5.91 Å². The number of anilines is 2. The molecule has 3 aromatic rings. The maximum Gasteiger partial charge on any atom is 0.416 e. The van der Waals surface area contributed by atoms with Crippen LogP contribution in [0.2, 0.25) is 0 Å². The molecule has 1 aliphatic heterocycles. The highest BCUT2D eigenvalue weighted by Gasteiger charge is 2.41. The molecule has 0 saturated carbocycles. The third-order valence-electron chi connectivity index (χ3n) is 7.61. The number of aromatic nitrogens is 1. The molecule has 0 aliphatic carbocycles. The van der Waals surface area contributed by atoms with E-state index in [1.165, 1.54) is 27.1 Å². The number of alkyl halides is 6. The second kappa shape index (κ2) is 11.5. The lowest BCUT2D eigenvalue weighted by molar-refractivity contribution is -0.143. The van der Waals surface area contributed by atoms with Crippen LogP contribution >= 0.6 is 0 Å². The van der Waals surface area contributed by atoms with Crippen LogP contribution in [-0.2, 0) is 22.6 Å². The van der Waals surface area contributed by atoms with E-state index in [9.17, 15) is 46.6 Å². The van der Waals surface area contributed by atoms with Gasteiger partial charge in [0.05, 0.1) is 58.8 Å². The molecule has 228 valence electrons. The van der Waals surface area contributed by atoms with Crippen LogP contribution in [0.3, 0.4) is 0 Å². The number of aliphatic hydroxyl groups is 2. The van der Waals surface area contributed by atoms with Crippen molar-refractivity contribution < 1.29 is 41.4 Å². The van der Waals surface area contributed by atoms with Crippen molar-refractivity contribution in [1.29, 1.82) is 5.26 Å². The molecule has 2 heterocycles. The summed E-state index contributed by atoms with van der Waals surface area (Å²) in [5, 5.41) is 29.8. The van der Waals surface area contributed by atoms with E-state index in [0.717, 1.165) is 4.90 Å². The number of β-amino-alcohol motifs (C(OH)–C–C–N with tert-alkyl or cyclic N) is 1. The number of hydrogen-bond acceptors (Lipinski definition) is 6. The molecular weight excluding hydrogens is 578 g/mol. The summed E-state index contributed by atoms with van der Waals surface area (Å²) in [5.41, 5.74) is -4.37. The van der Waals surface area contributed by atoms with E-state index in [4.69, 9.17) is 0 Å². The maximum atomic E-state index is 13.9. The number of amides is 1. The van der Waals surface area contributed by atoms with Gasteiger partial charge in [0.25, 0.3) is 0 Å². The molecule has 2 aromatic carbocycles. The summed E-state index contributed by atoms with van der Waals surface area (Å²) in [7, 11) is 1.31. The van der Waals surface area contributed by atoms with Gasteiger partial charge in [-0.15, -0.1) is 0 Å². The number of pyridine rings is 1. The zero-order valence-corrected chi connectivity index (χ0v) is 23.3. The van der Waals surface area contributed by atoms with Crippen molar-refractivity contribution in [3.63, 3.8) is 0 Å². The van der Waals surface area contributed by atoms with E-state index in [1.54, 1.807) is 35.2 Å². The van der Waals surface area contributed by atoms with E-state index in [-0.39, 0.29) is 36.9 Å². The lowest BCUT2D eigenvalue weighted by atomic mass is 9.81. The summed E-state index contributed by atoms with van der Waals surface area (Å²) < 4.78 is 81.4. The molecule has 1 saturated heterocycles. The zero-order valence-electron chi connectivity index (χ0n) is 23.3. The zero-order chi connectivity index (χ0) is 31.9. The first-order valence-electron chi connectivity index (χ1n) is 13.1. The van der Waals surface area contributed by atoms with Gasteiger partial charge in [-0.2, -0.15) is 31.6 Å². The lowest BCUT2D eigenvalue weighted by Gasteiger charge is -2.32. The first kappa shape index (κ1) is 31.8. The number of carbonyl (C=O) groups excluding carboxylic acids is 1. The molecule has 2 atom stereocenters. The second-order valence-electron chi connectivity index (χ2n) is 10.9. The monoisotopic (exact) mass is 606 g/mol. The summed E-state index contributed by atoms with van der Waals surface area (Å²) in [6, 6.07) is 10.7. The Morgan fingerprint density at radius 3 is 2.16 bits per heavy atom. The van der Waals surface area contributed by atoms with E-state index in [2.05, 4.69) is 11.1 Å². The highest BCUT2D eigenvalue weighted by Crippen LogP contribution is 2.41. The summed E-state index contributed by atoms with van der Waals surface area (Å²) in [6.07, 6.45) is -9.32. The predicted octanol–water partition coefficient (Wildman–Crippen LogP) is 5.53. The minimum Gasteiger partial charge on any atom is -0.394 e. The van der Waals surface area contributed by atoms with Crippen molar-refractivity contribution in [3.8, 4) is 17.2 Å². The molecule has 13 heteroatoms. The van der Waals surface area contributed by atoms with Crippen molar-refractivity contribution in [2.45, 2.75) is 50.2 Å². The maximum absolute atomic E-state index is 13.9. The topological polar surface area (TPSA) is 101 Å². The fraction of sp³-hybridized carbons (Fsp3) is 0.367. The van der Waals surface area contributed by atoms with Gasteiger partial charge in [0.15, 0.2) is 0 Å². The average molecular weight is 607 g/mol. The van der Waals surface area contributed by atoms with Crippen molar-refractivity contribution in [2.24, 2.45) is 0 Å². The fourth-order valence-electron chi connectivity index (χ4n) is 5.21. The number of nitrogens with zero attached hydrogens (tertiary/aromatic N) is 4. The Bertz CT molecular complexity index is 1530. The van der Waals surface area contributed by atoms with Crippen molar-refractivity contribution in [2.75, 3.05) is 30.0 Å². The number of halogens is 6. The first-order valence-corrected chi connectivity index (χ1v) is 13.1. The molecular formula is C30H28F6N4O3. The van der Waals surface area contributed by atoms with Gasteiger partial charge in [-0.05, 0) is 56.2 Å². The Hall–Kier alpha value is -4.15. The van der Waals surface area contributed by atoms with Crippen LogP contribution in [0.1, 0.15) is 42.5 Å². The summed E-state index contributed by atoms with van der Waals surface area (Å²) >= 11 is 0. The average Bonchev–Trinajstić information content (AvgIpc) is 3.35. The minimum absolute atomic E-state index is 0.00226. The fourth-order valence-corrected chi connectivity index (χ4v) is 5.21. The van der Waals surface area contributed by atoms with Crippen LogP contribution in [-0.4, -0.2) is 53.4 Å². The number of hydrogen-bond donors (Lipinski definition) is 2. The van der Waals surface area contributed by atoms with Gasteiger partial charge in [-0.1, -0.05) is 18.2 Å². The van der Waals surface area contributed by atoms with Crippen molar-refractivity contribution >= 4 is 17.4 Å². The minimum atomic E-state index is -5.09. The highest BCUT2D eigenvalue weighted by atomic mass is 19.4. The van der Waals surface area contributed by atoms with Crippen LogP contribution in [0.15, 0.2) is 54.7 Å². The van der Waals surface area contributed by atoms with E-state index >= 15 is 0 Å². The van der Waals surface area contributed by atoms with Gasteiger partial charge >= 0.3 is 12.4 Å². The van der Waals surface area contributed by atoms with Crippen LogP contribution in [0.5, 0.6) is 0 Å². The third-order valence-corrected chi connectivity index (χ3v) is 7.61. The SMILES string of the molecule is CN(C(=O)C(C)(C)c1cc(C(F)(F)F)cc(C(F)(F)F)c1)c1cnc(N2CC(O)CC2CO)cc1-c1ccccc1C#N. The Morgan fingerprint density at radius 2 is 1.60 bits per heavy atom. The summed E-state index contributed by atoms with van der Waals surface area (Å²) in [4.78, 5) is 21.1. The molecule has 1 fully saturated rings. The van der Waals surface area contributed by atoms with Gasteiger partial charge < -0.3 is 20.0 Å². The van der Waals surface area contributed by atoms with Crippen LogP contribution in [0.25, 0.3) is 11.1 Å². The van der Waals surface area contributed by atoms with Gasteiger partial charge in [-0.25, -0.2) is 4.98 Å². The van der Waals surface area contributed by atoms with Gasteiger partial charge in [0, 0.05) is 24.7 Å². The van der Waals surface area contributed by atoms with E-state index in [0.29, 0.717) is 29.1 Å². The number of rotatable bonds is 6. The van der Waals surface area contributed by atoms with Crippen LogP contribution < -0.4 is 9.80 Å². The van der Waals surface area contributed by atoms with Crippen LogP contribution in [0, 0.1) is 11.3 Å².